The van der Waals surface area contributed by atoms with E-state index in [2.05, 4.69) is 5.32 Å². The normalized spacial score (nSPS) is 35.3. The van der Waals surface area contributed by atoms with Crippen molar-refractivity contribution in [2.75, 3.05) is 6.61 Å². The van der Waals surface area contributed by atoms with Gasteiger partial charge in [0.1, 0.15) is 0 Å². The number of aliphatic hydroxyl groups excluding tert-OH is 2. The topological polar surface area (TPSA) is 89.8 Å². The van der Waals surface area contributed by atoms with Gasteiger partial charge in [0.25, 0.3) is 0 Å². The highest BCUT2D eigenvalue weighted by Gasteiger charge is 2.32. The molecule has 1 aliphatic rings. The molecule has 0 radical (unpaired) electrons. The summed E-state index contributed by atoms with van der Waals surface area (Å²) in [5, 5.41) is 29.3. The summed E-state index contributed by atoms with van der Waals surface area (Å²) in [6.07, 6.45) is -0.232. The molecular weight excluding hydrogens is 162 g/mol. The van der Waals surface area contributed by atoms with Crippen LogP contribution in [-0.4, -0.2) is 46.1 Å². The summed E-state index contributed by atoms with van der Waals surface area (Å²) in [5.74, 6) is -0.890. The number of nitrogens with one attached hydrogen (secondary N) is 1. The van der Waals surface area contributed by atoms with Crippen LogP contribution in [0.5, 0.6) is 0 Å². The molecule has 70 valence electrons. The lowest BCUT2D eigenvalue weighted by Gasteiger charge is -2.10. The number of hydrogen-bond donors (Lipinski definition) is 4. The number of carbonyl (C=O) groups is 1. The molecule has 0 aromatic rings. The van der Waals surface area contributed by atoms with Crippen molar-refractivity contribution >= 4 is 5.97 Å². The predicted octanol–water partition coefficient (Wildman–Crippen LogP) is -1.46. The smallest absolute Gasteiger partial charge is 0.304 e. The number of carboxylic acids is 1. The summed E-state index contributed by atoms with van der Waals surface area (Å²) in [5.41, 5.74) is 0. The first-order valence-electron chi connectivity index (χ1n) is 3.90. The zero-order valence-corrected chi connectivity index (χ0v) is 6.60. The van der Waals surface area contributed by atoms with Crippen LogP contribution in [0.2, 0.25) is 0 Å². The Morgan fingerprint density at radius 1 is 1.58 bits per heavy atom. The maximum absolute atomic E-state index is 10.3. The van der Waals surface area contributed by atoms with Crippen LogP contribution in [0, 0.1) is 0 Å². The maximum Gasteiger partial charge on any atom is 0.304 e. The molecule has 1 rings (SSSR count). The van der Waals surface area contributed by atoms with E-state index >= 15 is 0 Å². The quantitative estimate of drug-likeness (QED) is 0.421. The van der Waals surface area contributed by atoms with E-state index in [1.165, 1.54) is 0 Å². The number of aliphatic hydroxyl groups is 2. The molecule has 3 unspecified atom stereocenters. The van der Waals surface area contributed by atoms with Gasteiger partial charge in [-0.2, -0.15) is 0 Å². The zero-order valence-electron chi connectivity index (χ0n) is 6.60. The van der Waals surface area contributed by atoms with Crippen molar-refractivity contribution in [1.29, 1.82) is 0 Å². The molecule has 0 aliphatic carbocycles. The minimum Gasteiger partial charge on any atom is -0.481 e. The molecule has 0 aromatic heterocycles. The Balaban J connectivity index is 2.37. The minimum absolute atomic E-state index is 0.00639. The van der Waals surface area contributed by atoms with Gasteiger partial charge in [-0.25, -0.2) is 0 Å². The van der Waals surface area contributed by atoms with E-state index in [4.69, 9.17) is 10.2 Å². The van der Waals surface area contributed by atoms with E-state index in [-0.39, 0.29) is 25.1 Å². The van der Waals surface area contributed by atoms with Gasteiger partial charge in [-0.1, -0.05) is 0 Å². The fourth-order valence-electron chi connectivity index (χ4n) is 1.47. The van der Waals surface area contributed by atoms with Crippen molar-refractivity contribution in [1.82, 2.24) is 5.32 Å². The molecule has 4 N–H and O–H groups in total. The summed E-state index contributed by atoms with van der Waals surface area (Å²) < 4.78 is 0. The third kappa shape index (κ3) is 2.17. The van der Waals surface area contributed by atoms with Crippen molar-refractivity contribution in [3.8, 4) is 0 Å². The molecule has 0 amide bonds. The highest BCUT2D eigenvalue weighted by Crippen LogP contribution is 2.15. The van der Waals surface area contributed by atoms with Gasteiger partial charge in [0.15, 0.2) is 0 Å². The molecular formula is C7H13NO4. The molecule has 3 atom stereocenters. The number of carboxylic acid groups (broad SMARTS) is 1. The van der Waals surface area contributed by atoms with E-state index in [9.17, 15) is 9.90 Å². The first-order chi connectivity index (χ1) is 5.63. The lowest BCUT2D eigenvalue weighted by Crippen LogP contribution is -2.36. The fourth-order valence-corrected chi connectivity index (χ4v) is 1.47. The molecule has 5 nitrogen and oxygen atoms in total. The van der Waals surface area contributed by atoms with Crippen LogP contribution >= 0.6 is 0 Å². The third-order valence-electron chi connectivity index (χ3n) is 2.06. The number of aliphatic carboxylic acids is 1. The SMILES string of the molecule is O=C(O)CC1CC(O)C(CO)N1. The van der Waals surface area contributed by atoms with E-state index in [0.29, 0.717) is 6.42 Å². The van der Waals surface area contributed by atoms with Crippen molar-refractivity contribution in [2.24, 2.45) is 0 Å². The molecule has 1 saturated heterocycles. The molecule has 1 heterocycles. The standard InChI is InChI=1S/C7H13NO4/c9-3-5-6(10)1-4(8-5)2-7(11)12/h4-6,8-10H,1-3H2,(H,11,12). The summed E-state index contributed by atoms with van der Waals surface area (Å²) in [7, 11) is 0. The van der Waals surface area contributed by atoms with E-state index in [1.54, 1.807) is 0 Å². The Hall–Kier alpha value is -0.650. The van der Waals surface area contributed by atoms with Gasteiger partial charge in [0.2, 0.25) is 0 Å². The van der Waals surface area contributed by atoms with Gasteiger partial charge < -0.3 is 20.6 Å². The molecule has 1 fully saturated rings. The van der Waals surface area contributed by atoms with Crippen molar-refractivity contribution in [3.05, 3.63) is 0 Å². The first-order valence-corrected chi connectivity index (χ1v) is 3.90. The minimum atomic E-state index is -0.890. The third-order valence-corrected chi connectivity index (χ3v) is 2.06. The second-order valence-electron chi connectivity index (χ2n) is 3.05. The Kier molecular flexibility index (Phi) is 3.02. The molecule has 0 aromatic carbocycles. The van der Waals surface area contributed by atoms with Crippen LogP contribution in [0.4, 0.5) is 0 Å². The summed E-state index contributed by atoms with van der Waals surface area (Å²) in [6, 6.07) is -0.580. The largest absolute Gasteiger partial charge is 0.481 e. The molecule has 0 spiro atoms. The number of rotatable bonds is 3. The Labute approximate surface area is 70.0 Å². The molecule has 0 saturated carbocycles. The van der Waals surface area contributed by atoms with Gasteiger partial charge in [-0.05, 0) is 6.42 Å². The van der Waals surface area contributed by atoms with Crippen LogP contribution in [0.3, 0.4) is 0 Å². The summed E-state index contributed by atoms with van der Waals surface area (Å²) in [6.45, 7) is -0.155. The Morgan fingerprint density at radius 3 is 2.67 bits per heavy atom. The number of hydrogen-bond acceptors (Lipinski definition) is 4. The Morgan fingerprint density at radius 2 is 2.25 bits per heavy atom. The monoisotopic (exact) mass is 175 g/mol. The lowest BCUT2D eigenvalue weighted by atomic mass is 10.1. The summed E-state index contributed by atoms with van der Waals surface area (Å²) >= 11 is 0. The Bertz CT molecular complexity index is 173. The van der Waals surface area contributed by atoms with Gasteiger partial charge in [0, 0.05) is 6.04 Å². The predicted molar refractivity (Wildman–Crippen MR) is 40.7 cm³/mol. The highest BCUT2D eigenvalue weighted by molar-refractivity contribution is 5.67. The highest BCUT2D eigenvalue weighted by atomic mass is 16.4. The fraction of sp³-hybridized carbons (Fsp3) is 0.857. The average Bonchev–Trinajstić information content (AvgIpc) is 2.29. The first kappa shape index (κ1) is 9.44. The van der Waals surface area contributed by atoms with Crippen molar-refractivity contribution in [3.63, 3.8) is 0 Å². The molecule has 1 aliphatic heterocycles. The molecule has 0 bridgehead atoms. The van der Waals surface area contributed by atoms with E-state index < -0.39 is 12.1 Å². The summed E-state index contributed by atoms with van der Waals surface area (Å²) in [4.78, 5) is 10.3. The van der Waals surface area contributed by atoms with Crippen LogP contribution in [-0.2, 0) is 4.79 Å². The van der Waals surface area contributed by atoms with Gasteiger partial charge >= 0.3 is 5.97 Å². The van der Waals surface area contributed by atoms with Gasteiger partial charge in [-0.15, -0.1) is 0 Å². The lowest BCUT2D eigenvalue weighted by molar-refractivity contribution is -0.137. The van der Waals surface area contributed by atoms with Gasteiger partial charge in [0.05, 0.1) is 25.2 Å². The van der Waals surface area contributed by atoms with E-state index in [0.717, 1.165) is 0 Å². The zero-order chi connectivity index (χ0) is 9.14. The average molecular weight is 175 g/mol. The van der Waals surface area contributed by atoms with Crippen LogP contribution in [0.25, 0.3) is 0 Å². The van der Waals surface area contributed by atoms with E-state index in [1.807, 2.05) is 0 Å². The second kappa shape index (κ2) is 3.84. The van der Waals surface area contributed by atoms with Crippen LogP contribution < -0.4 is 5.32 Å². The van der Waals surface area contributed by atoms with Crippen LogP contribution in [0.1, 0.15) is 12.8 Å². The van der Waals surface area contributed by atoms with Crippen molar-refractivity contribution in [2.45, 2.75) is 31.0 Å². The van der Waals surface area contributed by atoms with Crippen molar-refractivity contribution < 1.29 is 20.1 Å². The van der Waals surface area contributed by atoms with Gasteiger partial charge in [-0.3, -0.25) is 4.79 Å². The van der Waals surface area contributed by atoms with Crippen LogP contribution in [0.15, 0.2) is 0 Å². The second-order valence-corrected chi connectivity index (χ2v) is 3.05. The molecule has 12 heavy (non-hydrogen) atoms. The molecule has 5 heteroatoms. The maximum atomic E-state index is 10.3.